The fraction of sp³-hybridized carbons (Fsp3) is 1.00. The maximum absolute atomic E-state index is 11.1. The van der Waals surface area contributed by atoms with Crippen LogP contribution in [0, 0.1) is 0 Å². The summed E-state index contributed by atoms with van der Waals surface area (Å²) in [7, 11) is -3.60. The van der Waals surface area contributed by atoms with E-state index in [4.69, 9.17) is 58.0 Å². The van der Waals surface area contributed by atoms with Gasteiger partial charge in [0.15, 0.2) is 23.2 Å². The van der Waals surface area contributed by atoms with Gasteiger partial charge in [0, 0.05) is 0 Å². The summed E-state index contributed by atoms with van der Waals surface area (Å²) in [6.45, 7) is 0. The summed E-state index contributed by atoms with van der Waals surface area (Å²) in [4.78, 5) is 0. The van der Waals surface area contributed by atoms with Crippen molar-refractivity contribution in [3.8, 4) is 0 Å². The predicted octanol–water partition coefficient (Wildman–Crippen LogP) is 2.33. The van der Waals surface area contributed by atoms with Gasteiger partial charge in [0.1, 0.15) is 0 Å². The largest absolute Gasteiger partial charge is 0.227 e. The quantitative estimate of drug-likeness (QED) is 0.642. The van der Waals surface area contributed by atoms with Crippen molar-refractivity contribution in [1.82, 2.24) is 0 Å². The van der Waals surface area contributed by atoms with Crippen molar-refractivity contribution in [3.05, 3.63) is 0 Å². The van der Waals surface area contributed by atoms with Crippen molar-refractivity contribution >= 4 is 67.8 Å². The van der Waals surface area contributed by atoms with Crippen LogP contribution in [0.1, 0.15) is 0 Å². The van der Waals surface area contributed by atoms with Gasteiger partial charge in [0.05, 0.1) is 5.75 Å². The third-order valence-corrected chi connectivity index (χ3v) is 7.56. The van der Waals surface area contributed by atoms with Crippen molar-refractivity contribution in [2.24, 2.45) is 0 Å². The second kappa shape index (κ2) is 2.94. The summed E-state index contributed by atoms with van der Waals surface area (Å²) in [5.74, 6) is -0.537. The third kappa shape index (κ3) is 1.53. The molecule has 0 bridgehead atoms. The smallest absolute Gasteiger partial charge is 0.182 e. The lowest BCUT2D eigenvalue weighted by Crippen LogP contribution is -2.37. The van der Waals surface area contributed by atoms with E-state index in [0.717, 1.165) is 0 Å². The van der Waals surface area contributed by atoms with E-state index in [2.05, 4.69) is 0 Å². The highest BCUT2D eigenvalue weighted by atomic mass is 35.5. The average molecular weight is 292 g/mol. The summed E-state index contributed by atoms with van der Waals surface area (Å²) < 4.78 is 17.2. The predicted molar refractivity (Wildman–Crippen MR) is 52.3 cm³/mol. The molecular formula is C4H3Cl5O2S. The van der Waals surface area contributed by atoms with Gasteiger partial charge in [-0.15, -0.1) is 11.6 Å². The minimum absolute atomic E-state index is 0.537. The molecule has 1 aliphatic heterocycles. The number of hydrogen-bond acceptors (Lipinski definition) is 2. The molecule has 0 aromatic carbocycles. The Morgan fingerprint density at radius 2 is 1.58 bits per heavy atom. The number of halogens is 5. The van der Waals surface area contributed by atoms with Crippen LogP contribution in [0.25, 0.3) is 0 Å². The molecule has 0 aromatic rings. The van der Waals surface area contributed by atoms with Crippen molar-refractivity contribution in [2.45, 2.75) is 13.4 Å². The number of sulfone groups is 1. The van der Waals surface area contributed by atoms with Crippen molar-refractivity contribution in [3.63, 3.8) is 0 Å². The van der Waals surface area contributed by atoms with Gasteiger partial charge in [0.25, 0.3) is 0 Å². The van der Waals surface area contributed by atoms with Gasteiger partial charge < -0.3 is 0 Å². The first kappa shape index (κ1) is 11.5. The van der Waals surface area contributed by atoms with Crippen LogP contribution in [0.15, 0.2) is 0 Å². The maximum atomic E-state index is 11.1. The third-order valence-electron chi connectivity index (χ3n) is 1.47. The van der Waals surface area contributed by atoms with E-state index < -0.39 is 29.0 Å². The van der Waals surface area contributed by atoms with Crippen LogP contribution >= 0.6 is 58.0 Å². The van der Waals surface area contributed by atoms with Crippen LogP contribution < -0.4 is 0 Å². The van der Waals surface area contributed by atoms with E-state index in [-0.39, 0.29) is 0 Å². The van der Waals surface area contributed by atoms with E-state index in [9.17, 15) is 8.42 Å². The second-order valence-electron chi connectivity index (χ2n) is 2.45. The first-order valence-corrected chi connectivity index (χ1v) is 6.39. The normalized spacial score (nSPS) is 36.6. The molecular weight excluding hydrogens is 289 g/mol. The number of alkyl halides is 5. The fourth-order valence-corrected chi connectivity index (χ4v) is 5.20. The molecule has 72 valence electrons. The Hall–Kier alpha value is 1.40. The Kier molecular flexibility index (Phi) is 2.81. The van der Waals surface area contributed by atoms with Gasteiger partial charge in [-0.3, -0.25) is 0 Å². The van der Waals surface area contributed by atoms with Crippen molar-refractivity contribution in [2.75, 3.05) is 5.75 Å². The zero-order valence-electron chi connectivity index (χ0n) is 5.40. The van der Waals surface area contributed by atoms with Gasteiger partial charge in [0.2, 0.25) is 0 Å². The Bertz CT molecular complexity index is 295. The number of rotatable bonds is 0. The molecule has 0 amide bonds. The van der Waals surface area contributed by atoms with E-state index >= 15 is 0 Å². The Morgan fingerprint density at radius 3 is 1.67 bits per heavy atom. The van der Waals surface area contributed by atoms with Crippen LogP contribution in [-0.2, 0) is 9.84 Å². The van der Waals surface area contributed by atoms with Gasteiger partial charge in [-0.25, -0.2) is 8.42 Å². The molecule has 0 radical (unpaired) electrons. The Balaban J connectivity index is 3.23. The molecule has 0 aliphatic carbocycles. The van der Waals surface area contributed by atoms with Gasteiger partial charge in [-0.1, -0.05) is 46.4 Å². The minimum Gasteiger partial charge on any atom is -0.227 e. The molecule has 1 rings (SSSR count). The van der Waals surface area contributed by atoms with E-state index in [1.807, 2.05) is 0 Å². The lowest BCUT2D eigenvalue weighted by atomic mass is 10.3. The van der Waals surface area contributed by atoms with Gasteiger partial charge in [-0.05, 0) is 0 Å². The van der Waals surface area contributed by atoms with Crippen LogP contribution in [0.4, 0.5) is 0 Å². The molecule has 1 fully saturated rings. The molecule has 0 aromatic heterocycles. The summed E-state index contributed by atoms with van der Waals surface area (Å²) >= 11 is 27.8. The molecule has 0 N–H and O–H groups in total. The molecule has 1 unspecified atom stereocenters. The van der Waals surface area contributed by atoms with E-state index in [1.54, 1.807) is 0 Å². The Labute approximate surface area is 95.0 Å². The van der Waals surface area contributed by atoms with Crippen LogP contribution in [-0.4, -0.2) is 27.5 Å². The topological polar surface area (TPSA) is 34.1 Å². The first-order valence-electron chi connectivity index (χ1n) is 2.72. The van der Waals surface area contributed by atoms with Crippen LogP contribution in [0.3, 0.4) is 0 Å². The fourth-order valence-electron chi connectivity index (χ4n) is 0.814. The lowest BCUT2D eigenvalue weighted by Gasteiger charge is -2.24. The second-order valence-corrected chi connectivity index (χ2v) is 8.10. The monoisotopic (exact) mass is 290 g/mol. The van der Waals surface area contributed by atoms with Crippen LogP contribution in [0.5, 0.6) is 0 Å². The highest BCUT2D eigenvalue weighted by Gasteiger charge is 2.65. The summed E-state index contributed by atoms with van der Waals surface area (Å²) in [6.07, 6.45) is 0. The van der Waals surface area contributed by atoms with Gasteiger partial charge in [-0.2, -0.15) is 0 Å². The molecule has 1 aliphatic rings. The lowest BCUT2D eigenvalue weighted by molar-refractivity contribution is 0.599. The highest BCUT2D eigenvalue weighted by molar-refractivity contribution is 7.94. The summed E-state index contributed by atoms with van der Waals surface area (Å²) in [5.41, 5.74) is 0. The van der Waals surface area contributed by atoms with Crippen molar-refractivity contribution in [1.29, 1.82) is 0 Å². The van der Waals surface area contributed by atoms with Crippen LogP contribution in [0.2, 0.25) is 0 Å². The average Bonchev–Trinajstić information content (AvgIpc) is 1.90. The molecule has 2 nitrogen and oxygen atoms in total. The molecule has 12 heavy (non-hydrogen) atoms. The van der Waals surface area contributed by atoms with E-state index in [1.165, 1.54) is 0 Å². The van der Waals surface area contributed by atoms with E-state index in [0.29, 0.717) is 0 Å². The zero-order chi connectivity index (χ0) is 9.78. The first-order chi connectivity index (χ1) is 5.11. The summed E-state index contributed by atoms with van der Waals surface area (Å²) in [6, 6.07) is 0. The molecule has 8 heteroatoms. The minimum atomic E-state index is -3.60. The molecule has 1 heterocycles. The molecule has 0 saturated carbocycles. The zero-order valence-corrected chi connectivity index (χ0v) is 10.00. The maximum Gasteiger partial charge on any atom is 0.182 e. The Morgan fingerprint density at radius 1 is 1.17 bits per heavy atom. The molecule has 0 spiro atoms. The number of hydrogen-bond donors (Lipinski definition) is 0. The summed E-state index contributed by atoms with van der Waals surface area (Å²) in [5, 5.41) is 0. The highest BCUT2D eigenvalue weighted by Crippen LogP contribution is 2.54. The standard InChI is InChI=1S/C4H3Cl5O2S/c5-2-4(8,9)3(6,7)1-12(2,10)11/h2H,1H2. The van der Waals surface area contributed by atoms with Crippen molar-refractivity contribution < 1.29 is 8.42 Å². The molecule has 1 atom stereocenters. The molecule has 1 saturated heterocycles. The van der Waals surface area contributed by atoms with Gasteiger partial charge >= 0.3 is 0 Å². The SMILES string of the molecule is O=S1(=O)CC(Cl)(Cl)C(Cl)(Cl)C1Cl.